The molecule has 0 aliphatic rings. The van der Waals surface area contributed by atoms with Crippen molar-refractivity contribution in [1.29, 1.82) is 0 Å². The Morgan fingerprint density at radius 3 is 2.50 bits per heavy atom. The average molecular weight is 227 g/mol. The zero-order valence-corrected chi connectivity index (χ0v) is 10.1. The van der Waals surface area contributed by atoms with Crippen molar-refractivity contribution in [3.05, 3.63) is 35.4 Å². The van der Waals surface area contributed by atoms with Crippen LogP contribution in [0.4, 0.5) is 8.78 Å². The maximum atomic E-state index is 13.4. The van der Waals surface area contributed by atoms with Gasteiger partial charge in [0.05, 0.1) is 0 Å². The van der Waals surface area contributed by atoms with Crippen LogP contribution in [0, 0.1) is 17.0 Å². The van der Waals surface area contributed by atoms with E-state index in [9.17, 15) is 8.78 Å². The summed E-state index contributed by atoms with van der Waals surface area (Å²) in [4.78, 5) is 0. The topological polar surface area (TPSA) is 26.0 Å². The lowest BCUT2D eigenvalue weighted by atomic mass is 9.79. The Morgan fingerprint density at radius 1 is 1.31 bits per heavy atom. The van der Waals surface area contributed by atoms with Crippen LogP contribution in [-0.2, 0) is 6.42 Å². The summed E-state index contributed by atoms with van der Waals surface area (Å²) in [6, 6.07) is 4.05. The molecule has 90 valence electrons. The van der Waals surface area contributed by atoms with Crippen molar-refractivity contribution in [2.45, 2.75) is 39.7 Å². The molecule has 1 nitrogen and oxygen atoms in total. The number of hydrogen-bond donors (Lipinski definition) is 1. The van der Waals surface area contributed by atoms with Gasteiger partial charge >= 0.3 is 0 Å². The van der Waals surface area contributed by atoms with Gasteiger partial charge in [-0.15, -0.1) is 0 Å². The third-order valence-corrected chi connectivity index (χ3v) is 3.39. The normalized spacial score (nSPS) is 13.9. The maximum Gasteiger partial charge on any atom is 0.162 e. The van der Waals surface area contributed by atoms with Crippen molar-refractivity contribution >= 4 is 0 Å². The van der Waals surface area contributed by atoms with Gasteiger partial charge < -0.3 is 5.73 Å². The van der Waals surface area contributed by atoms with Crippen LogP contribution in [0.15, 0.2) is 18.2 Å². The second-order valence-corrected chi connectivity index (χ2v) is 4.87. The highest BCUT2D eigenvalue weighted by atomic mass is 19.2. The molecule has 1 rings (SSSR count). The number of rotatable bonds is 4. The van der Waals surface area contributed by atoms with Crippen LogP contribution in [0.5, 0.6) is 0 Å². The van der Waals surface area contributed by atoms with E-state index in [-0.39, 0.29) is 11.5 Å². The predicted molar refractivity (Wildman–Crippen MR) is 62.1 cm³/mol. The van der Waals surface area contributed by atoms with E-state index in [0.29, 0.717) is 12.0 Å². The lowest BCUT2D eigenvalue weighted by Crippen LogP contribution is -2.38. The number of benzene rings is 1. The van der Waals surface area contributed by atoms with E-state index >= 15 is 0 Å². The Balaban J connectivity index is 2.85. The fraction of sp³-hybridized carbons (Fsp3) is 0.538. The van der Waals surface area contributed by atoms with E-state index in [4.69, 9.17) is 5.73 Å². The fourth-order valence-corrected chi connectivity index (χ4v) is 1.48. The zero-order valence-electron chi connectivity index (χ0n) is 10.1. The Bertz CT molecular complexity index is 361. The van der Waals surface area contributed by atoms with Gasteiger partial charge in [0.15, 0.2) is 11.6 Å². The quantitative estimate of drug-likeness (QED) is 0.839. The van der Waals surface area contributed by atoms with Crippen molar-refractivity contribution in [3.8, 4) is 0 Å². The van der Waals surface area contributed by atoms with Crippen LogP contribution in [-0.4, -0.2) is 6.04 Å². The van der Waals surface area contributed by atoms with Crippen molar-refractivity contribution in [3.63, 3.8) is 0 Å². The van der Waals surface area contributed by atoms with E-state index in [1.165, 1.54) is 6.07 Å². The molecular formula is C13H19F2N. The second kappa shape index (κ2) is 4.91. The van der Waals surface area contributed by atoms with Gasteiger partial charge in [-0.25, -0.2) is 8.78 Å². The highest BCUT2D eigenvalue weighted by Gasteiger charge is 2.25. The van der Waals surface area contributed by atoms with Gasteiger partial charge in [0.25, 0.3) is 0 Å². The van der Waals surface area contributed by atoms with E-state index in [1.807, 2.05) is 20.8 Å². The monoisotopic (exact) mass is 227 g/mol. The molecule has 0 heterocycles. The minimum absolute atomic E-state index is 0.0707. The molecule has 1 aromatic rings. The smallest absolute Gasteiger partial charge is 0.162 e. The van der Waals surface area contributed by atoms with E-state index in [2.05, 4.69) is 0 Å². The standard InChI is InChI=1S/C13H19F2N/c1-4-13(2,3)11(16)8-9-6-5-7-10(14)12(9)15/h5-7,11H,4,8,16H2,1-3H3. The van der Waals surface area contributed by atoms with E-state index in [0.717, 1.165) is 12.5 Å². The summed E-state index contributed by atoms with van der Waals surface area (Å²) in [5.41, 5.74) is 6.31. The second-order valence-electron chi connectivity index (χ2n) is 4.87. The molecule has 0 aromatic heterocycles. The summed E-state index contributed by atoms with van der Waals surface area (Å²) in [6.45, 7) is 6.12. The molecule has 2 N–H and O–H groups in total. The summed E-state index contributed by atoms with van der Waals surface area (Å²) in [6.07, 6.45) is 1.27. The Hall–Kier alpha value is -0.960. The van der Waals surface area contributed by atoms with Gasteiger partial charge in [-0.1, -0.05) is 32.9 Å². The van der Waals surface area contributed by atoms with Crippen LogP contribution in [0.3, 0.4) is 0 Å². The molecule has 1 aromatic carbocycles. The largest absolute Gasteiger partial charge is 0.327 e. The molecular weight excluding hydrogens is 208 g/mol. The van der Waals surface area contributed by atoms with Crippen molar-refractivity contribution in [2.24, 2.45) is 11.1 Å². The molecule has 1 atom stereocenters. The molecule has 0 radical (unpaired) electrons. The van der Waals surface area contributed by atoms with Crippen LogP contribution in [0.1, 0.15) is 32.8 Å². The molecule has 0 bridgehead atoms. The molecule has 0 amide bonds. The third-order valence-electron chi connectivity index (χ3n) is 3.39. The summed E-state index contributed by atoms with van der Waals surface area (Å²) >= 11 is 0. The van der Waals surface area contributed by atoms with Gasteiger partial charge in [-0.3, -0.25) is 0 Å². The first-order chi connectivity index (χ1) is 7.38. The van der Waals surface area contributed by atoms with Gasteiger partial charge in [0.1, 0.15) is 0 Å². The third kappa shape index (κ3) is 2.79. The molecule has 0 fully saturated rings. The summed E-state index contributed by atoms with van der Waals surface area (Å²) in [7, 11) is 0. The van der Waals surface area contributed by atoms with Gasteiger partial charge in [0.2, 0.25) is 0 Å². The van der Waals surface area contributed by atoms with Crippen LogP contribution >= 0.6 is 0 Å². The minimum Gasteiger partial charge on any atom is -0.327 e. The number of halogens is 2. The molecule has 0 aliphatic heterocycles. The molecule has 0 spiro atoms. The summed E-state index contributed by atoms with van der Waals surface area (Å²) in [5.74, 6) is -1.58. The summed E-state index contributed by atoms with van der Waals surface area (Å²) in [5, 5.41) is 0. The molecule has 0 aliphatic carbocycles. The molecule has 16 heavy (non-hydrogen) atoms. The zero-order chi connectivity index (χ0) is 12.3. The maximum absolute atomic E-state index is 13.4. The van der Waals surface area contributed by atoms with Crippen molar-refractivity contribution in [1.82, 2.24) is 0 Å². The Kier molecular flexibility index (Phi) is 4.03. The van der Waals surface area contributed by atoms with E-state index < -0.39 is 11.6 Å². The van der Waals surface area contributed by atoms with Gasteiger partial charge in [-0.05, 0) is 29.9 Å². The molecule has 0 saturated carbocycles. The fourth-order valence-electron chi connectivity index (χ4n) is 1.48. The average Bonchev–Trinajstić information content (AvgIpc) is 2.24. The first-order valence-electron chi connectivity index (χ1n) is 5.57. The Morgan fingerprint density at radius 2 is 1.94 bits per heavy atom. The van der Waals surface area contributed by atoms with Crippen molar-refractivity contribution < 1.29 is 8.78 Å². The SMILES string of the molecule is CCC(C)(C)C(N)Cc1cccc(F)c1F. The predicted octanol–water partition coefficient (Wildman–Crippen LogP) is 3.27. The number of nitrogens with two attached hydrogens (primary N) is 1. The number of hydrogen-bond acceptors (Lipinski definition) is 1. The Labute approximate surface area is 95.7 Å². The lowest BCUT2D eigenvalue weighted by Gasteiger charge is -2.30. The van der Waals surface area contributed by atoms with Crippen LogP contribution < -0.4 is 5.73 Å². The highest BCUT2D eigenvalue weighted by Crippen LogP contribution is 2.26. The van der Waals surface area contributed by atoms with E-state index in [1.54, 1.807) is 6.07 Å². The highest BCUT2D eigenvalue weighted by molar-refractivity contribution is 5.20. The lowest BCUT2D eigenvalue weighted by molar-refractivity contribution is 0.270. The molecule has 0 saturated heterocycles. The van der Waals surface area contributed by atoms with Crippen LogP contribution in [0.25, 0.3) is 0 Å². The first kappa shape index (κ1) is 13.1. The van der Waals surface area contributed by atoms with Crippen LogP contribution in [0.2, 0.25) is 0 Å². The summed E-state index contributed by atoms with van der Waals surface area (Å²) < 4.78 is 26.4. The first-order valence-corrected chi connectivity index (χ1v) is 5.57. The van der Waals surface area contributed by atoms with Gasteiger partial charge in [-0.2, -0.15) is 0 Å². The minimum atomic E-state index is -0.806. The van der Waals surface area contributed by atoms with Crippen molar-refractivity contribution in [2.75, 3.05) is 0 Å². The molecule has 1 unspecified atom stereocenters. The van der Waals surface area contributed by atoms with Gasteiger partial charge in [0, 0.05) is 6.04 Å². The molecule has 3 heteroatoms.